The van der Waals surface area contributed by atoms with Crippen LogP contribution in [0.3, 0.4) is 0 Å². The van der Waals surface area contributed by atoms with Crippen molar-refractivity contribution in [1.29, 1.82) is 0 Å². The lowest BCUT2D eigenvalue weighted by Gasteiger charge is -2.53. The second-order valence-electron chi connectivity index (χ2n) is 19.9. The van der Waals surface area contributed by atoms with Gasteiger partial charge in [-0.25, -0.2) is 0 Å². The Labute approximate surface area is 336 Å². The van der Waals surface area contributed by atoms with E-state index < -0.39 is 0 Å². The molecule has 2 nitrogen and oxygen atoms in total. The van der Waals surface area contributed by atoms with Gasteiger partial charge in [0.2, 0.25) is 0 Å². The fraction of sp³-hybridized carbons (Fsp3) is 0.623. The van der Waals surface area contributed by atoms with E-state index in [0.29, 0.717) is 5.41 Å². The van der Waals surface area contributed by atoms with E-state index in [0.717, 1.165) is 90.1 Å². The molecular weight excluding hydrogens is 669 g/mol. The van der Waals surface area contributed by atoms with Crippen LogP contribution in [-0.2, 0) is 5.41 Å². The molecule has 0 amide bonds. The van der Waals surface area contributed by atoms with Crippen LogP contribution in [-0.4, -0.2) is 0 Å². The molecule has 2 heteroatoms. The van der Waals surface area contributed by atoms with Crippen molar-refractivity contribution in [2.75, 3.05) is 0 Å². The van der Waals surface area contributed by atoms with Gasteiger partial charge in [-0.15, -0.1) is 0 Å². The first kappa shape index (κ1) is 40.2. The molecule has 0 saturated heterocycles. The summed E-state index contributed by atoms with van der Waals surface area (Å²) in [6.45, 7) is 17.0. The van der Waals surface area contributed by atoms with E-state index in [1.807, 2.05) is 0 Å². The maximum absolute atomic E-state index is 6.43. The van der Waals surface area contributed by atoms with E-state index in [2.05, 4.69) is 121 Å². The highest BCUT2D eigenvalue weighted by Crippen LogP contribution is 2.63. The van der Waals surface area contributed by atoms with Gasteiger partial charge < -0.3 is 9.47 Å². The first-order chi connectivity index (χ1) is 26.5. The molecule has 2 aromatic rings. The Morgan fingerprint density at radius 1 is 0.691 bits per heavy atom. The fourth-order valence-corrected chi connectivity index (χ4v) is 11.7. The van der Waals surface area contributed by atoms with Crippen LogP contribution < -0.4 is 9.47 Å². The van der Waals surface area contributed by atoms with Crippen LogP contribution in [0.15, 0.2) is 95.5 Å². The van der Waals surface area contributed by atoms with Gasteiger partial charge in [0.15, 0.2) is 0 Å². The molecule has 298 valence electrons. The third kappa shape index (κ3) is 9.59. The highest BCUT2D eigenvalue weighted by atomic mass is 16.5. The Kier molecular flexibility index (Phi) is 12.9. The average molecular weight is 743 g/mol. The predicted octanol–water partition coefficient (Wildman–Crippen LogP) is 15.4. The van der Waals surface area contributed by atoms with Crippen LogP contribution in [0.2, 0.25) is 0 Å². The van der Waals surface area contributed by atoms with Crippen molar-refractivity contribution in [3.63, 3.8) is 0 Å². The van der Waals surface area contributed by atoms with Crippen molar-refractivity contribution in [3.05, 3.63) is 107 Å². The van der Waals surface area contributed by atoms with Gasteiger partial charge in [-0.1, -0.05) is 120 Å². The Hall–Kier alpha value is -3.00. The van der Waals surface area contributed by atoms with E-state index in [-0.39, 0.29) is 5.41 Å². The number of allylic oxidation sites excluding steroid dienone is 8. The van der Waals surface area contributed by atoms with Gasteiger partial charge >= 0.3 is 0 Å². The molecule has 0 N–H and O–H groups in total. The molecule has 5 aliphatic rings. The lowest BCUT2D eigenvalue weighted by Crippen LogP contribution is -2.45. The first-order valence-electron chi connectivity index (χ1n) is 22.8. The van der Waals surface area contributed by atoms with Crippen molar-refractivity contribution in [2.24, 2.45) is 46.8 Å². The summed E-state index contributed by atoms with van der Waals surface area (Å²) in [6.07, 6.45) is 31.4. The van der Waals surface area contributed by atoms with E-state index in [4.69, 9.17) is 9.47 Å². The summed E-state index contributed by atoms with van der Waals surface area (Å²) in [5.74, 6) is 10.2. The fourth-order valence-electron chi connectivity index (χ4n) is 11.7. The zero-order chi connectivity index (χ0) is 38.6. The molecule has 0 radical (unpaired) electrons. The van der Waals surface area contributed by atoms with Crippen molar-refractivity contribution < 1.29 is 9.47 Å². The second kappa shape index (κ2) is 17.6. The van der Waals surface area contributed by atoms with Crippen molar-refractivity contribution >= 4 is 0 Å². The molecule has 2 aromatic carbocycles. The topological polar surface area (TPSA) is 18.5 Å². The van der Waals surface area contributed by atoms with Crippen molar-refractivity contribution in [1.82, 2.24) is 0 Å². The number of aryl methyl sites for hydroxylation is 1. The van der Waals surface area contributed by atoms with Gasteiger partial charge in [-0.3, -0.25) is 0 Å². The summed E-state index contributed by atoms with van der Waals surface area (Å²) in [5.41, 5.74) is 6.34. The van der Waals surface area contributed by atoms with Crippen LogP contribution in [0, 0.1) is 53.8 Å². The van der Waals surface area contributed by atoms with Crippen molar-refractivity contribution in [3.8, 4) is 11.5 Å². The predicted molar refractivity (Wildman–Crippen MR) is 232 cm³/mol. The Balaban J connectivity index is 1.10. The molecule has 7 atom stereocenters. The number of ether oxygens (including phenoxy) is 2. The molecule has 7 unspecified atom stereocenters. The summed E-state index contributed by atoms with van der Waals surface area (Å²) in [7, 11) is 0. The van der Waals surface area contributed by atoms with Crippen LogP contribution in [0.5, 0.6) is 11.5 Å². The molecule has 3 saturated carbocycles. The van der Waals surface area contributed by atoms with Crippen molar-refractivity contribution in [2.45, 2.75) is 163 Å². The van der Waals surface area contributed by atoms with Crippen LogP contribution in [0.1, 0.15) is 162 Å². The van der Waals surface area contributed by atoms with Crippen LogP contribution in [0.25, 0.3) is 0 Å². The molecule has 0 heterocycles. The number of benzene rings is 2. The number of rotatable bonds is 16. The molecule has 0 aromatic heterocycles. The van der Waals surface area contributed by atoms with E-state index >= 15 is 0 Å². The minimum absolute atomic E-state index is 0.0601. The highest BCUT2D eigenvalue weighted by Gasteiger charge is 2.54. The maximum Gasteiger partial charge on any atom is 0.126 e. The lowest BCUT2D eigenvalue weighted by molar-refractivity contribution is 0.0422. The third-order valence-electron chi connectivity index (χ3n) is 15.7. The first-order valence-corrected chi connectivity index (χ1v) is 22.8. The summed E-state index contributed by atoms with van der Waals surface area (Å²) < 4.78 is 12.9. The summed E-state index contributed by atoms with van der Waals surface area (Å²) >= 11 is 0. The Morgan fingerprint density at radius 3 is 1.98 bits per heavy atom. The summed E-state index contributed by atoms with van der Waals surface area (Å²) in [4.78, 5) is 0. The minimum Gasteiger partial charge on any atom is -0.462 e. The van der Waals surface area contributed by atoms with Gasteiger partial charge in [0.05, 0.1) is 0 Å². The Bertz CT molecular complexity index is 1700. The third-order valence-corrected chi connectivity index (χ3v) is 15.7. The largest absolute Gasteiger partial charge is 0.462 e. The SMILES string of the molecule is CC1=CC=C(Oc2ccc(C3(C4=CC=C(Oc5ccc(C)cc5)CC4)CCC(C)(C4CC4)C(CCCC4CCC(C(C)CCCC(C)C)C4C)C3)cc2)CC1. The van der Waals surface area contributed by atoms with Crippen LogP contribution in [0.4, 0.5) is 0 Å². The molecule has 7 rings (SSSR count). The standard InChI is InChI=1S/C53H74O2/c1-37(2)10-8-11-40(5)51-33-18-42(41(51)6)12-9-13-46-36-53(35-34-52(46,7)43-19-20-43,44-21-29-49(30-22-44)54-47-25-14-38(3)15-26-47)45-23-31-50(32-24-45)55-48-27-16-39(4)17-28-48/h14-16,21,23-27,29,31-32,37,40-43,46,51H,8-13,17-20,22,28,30,33-36H2,1-7H3. The smallest absolute Gasteiger partial charge is 0.126 e. The van der Waals surface area contributed by atoms with E-state index in [1.54, 1.807) is 5.57 Å². The molecule has 0 aliphatic heterocycles. The molecule has 5 aliphatic carbocycles. The second-order valence-corrected chi connectivity index (χ2v) is 19.9. The molecule has 3 fully saturated rings. The van der Waals surface area contributed by atoms with Gasteiger partial charge in [0, 0.05) is 18.3 Å². The average Bonchev–Trinajstić information content (AvgIpc) is 3.98. The Morgan fingerprint density at radius 2 is 1.36 bits per heavy atom. The van der Waals surface area contributed by atoms with E-state index in [1.165, 1.54) is 100 Å². The van der Waals surface area contributed by atoms with Gasteiger partial charge in [0.25, 0.3) is 0 Å². The summed E-state index contributed by atoms with van der Waals surface area (Å²) in [6, 6.07) is 17.9. The lowest BCUT2D eigenvalue weighted by atomic mass is 9.51. The molecule has 0 bridgehead atoms. The quantitative estimate of drug-likeness (QED) is 0.170. The normalized spacial score (nSPS) is 30.3. The maximum atomic E-state index is 6.43. The summed E-state index contributed by atoms with van der Waals surface area (Å²) in [5, 5.41) is 0. The number of hydrogen-bond donors (Lipinski definition) is 0. The monoisotopic (exact) mass is 743 g/mol. The molecule has 0 spiro atoms. The van der Waals surface area contributed by atoms with E-state index in [9.17, 15) is 0 Å². The number of hydrogen-bond acceptors (Lipinski definition) is 2. The van der Waals surface area contributed by atoms with Crippen LogP contribution >= 0.6 is 0 Å². The molecular formula is C53H74O2. The van der Waals surface area contributed by atoms with Gasteiger partial charge in [-0.2, -0.15) is 0 Å². The minimum atomic E-state index is 0.0601. The molecule has 55 heavy (non-hydrogen) atoms. The zero-order valence-electron chi connectivity index (χ0n) is 35.8. The highest BCUT2D eigenvalue weighted by molar-refractivity contribution is 5.44. The van der Waals surface area contributed by atoms with Gasteiger partial charge in [0.1, 0.15) is 23.0 Å². The zero-order valence-corrected chi connectivity index (χ0v) is 35.8. The van der Waals surface area contributed by atoms with Gasteiger partial charge in [-0.05, 0) is 167 Å².